The van der Waals surface area contributed by atoms with Gasteiger partial charge in [-0.05, 0) is 78.5 Å². The summed E-state index contributed by atoms with van der Waals surface area (Å²) >= 11 is 0.740. The minimum Gasteiger partial charge on any atom is -0.467 e. The monoisotopic (exact) mass is 593 g/mol. The molecule has 0 spiro atoms. The van der Waals surface area contributed by atoms with Crippen molar-refractivity contribution in [2.75, 3.05) is 10.6 Å². The second kappa shape index (κ2) is 12.9. The number of carbonyl (C=O) groups excluding carboxylic acids is 3. The summed E-state index contributed by atoms with van der Waals surface area (Å²) in [5, 5.41) is 5.71. The minimum absolute atomic E-state index is 0.00958. The molecule has 0 saturated heterocycles. The van der Waals surface area contributed by atoms with Crippen LogP contribution in [0.15, 0.2) is 71.3 Å². The van der Waals surface area contributed by atoms with E-state index in [0.29, 0.717) is 5.56 Å². The molecule has 0 radical (unpaired) electrons. The van der Waals surface area contributed by atoms with E-state index in [4.69, 9.17) is 10.2 Å². The highest BCUT2D eigenvalue weighted by molar-refractivity contribution is 7.09. The van der Waals surface area contributed by atoms with Crippen molar-refractivity contribution in [2.45, 2.75) is 50.7 Å². The molecule has 42 heavy (non-hydrogen) atoms. The predicted molar refractivity (Wildman–Crippen MR) is 154 cm³/mol. The first-order valence-electron chi connectivity index (χ1n) is 13.5. The van der Waals surface area contributed by atoms with Gasteiger partial charge in [-0.2, -0.15) is 4.37 Å². The molecule has 218 valence electrons. The lowest BCUT2D eigenvalue weighted by Crippen LogP contribution is -2.43. The summed E-state index contributed by atoms with van der Waals surface area (Å²) in [5.41, 5.74) is 6.94. The maximum atomic E-state index is 14.2. The van der Waals surface area contributed by atoms with Crippen molar-refractivity contribution in [1.82, 2.24) is 15.0 Å². The Balaban J connectivity index is 1.47. The van der Waals surface area contributed by atoms with Crippen LogP contribution in [0, 0.1) is 11.6 Å². The van der Waals surface area contributed by atoms with E-state index in [1.54, 1.807) is 6.07 Å². The molecule has 2 aromatic heterocycles. The van der Waals surface area contributed by atoms with Gasteiger partial charge in [-0.3, -0.25) is 19.3 Å². The molecule has 1 saturated carbocycles. The third-order valence-corrected chi connectivity index (χ3v) is 7.95. The Morgan fingerprint density at radius 1 is 1.00 bits per heavy atom. The van der Waals surface area contributed by atoms with Crippen molar-refractivity contribution < 1.29 is 27.6 Å². The lowest BCUT2D eigenvalue weighted by Gasteiger charge is -2.29. The van der Waals surface area contributed by atoms with Crippen LogP contribution in [0.1, 0.15) is 69.6 Å². The summed E-state index contributed by atoms with van der Waals surface area (Å²) in [6, 6.07) is 12.4. The van der Waals surface area contributed by atoms with Crippen LogP contribution in [0.25, 0.3) is 0 Å². The van der Waals surface area contributed by atoms with E-state index >= 15 is 0 Å². The minimum atomic E-state index is -1.35. The number of nitrogens with two attached hydrogens (primary N) is 1. The van der Waals surface area contributed by atoms with E-state index in [2.05, 4.69) is 15.0 Å². The Bertz CT molecular complexity index is 1530. The molecule has 3 amide bonds. The van der Waals surface area contributed by atoms with Gasteiger partial charge in [-0.15, -0.1) is 0 Å². The van der Waals surface area contributed by atoms with Crippen LogP contribution in [0.2, 0.25) is 0 Å². The number of aromatic nitrogens is 1. The Hall–Kier alpha value is -4.58. The maximum absolute atomic E-state index is 14.2. The van der Waals surface area contributed by atoms with E-state index in [-0.39, 0.29) is 40.3 Å². The average Bonchev–Trinajstić information content (AvgIpc) is 3.66. The van der Waals surface area contributed by atoms with Gasteiger partial charge in [0, 0.05) is 18.3 Å². The van der Waals surface area contributed by atoms with Crippen LogP contribution < -0.4 is 21.3 Å². The average molecular weight is 594 g/mol. The summed E-state index contributed by atoms with van der Waals surface area (Å²) in [4.78, 5) is 41.9. The molecule has 1 aliphatic rings. The number of hydrogen-bond donors (Lipinski definition) is 3. The molecular formula is C30H29F2N5O4S. The number of hydrogen-bond acceptors (Lipinski definition) is 7. The molecule has 2 heterocycles. The van der Waals surface area contributed by atoms with Gasteiger partial charge >= 0.3 is 0 Å². The molecule has 1 atom stereocenters. The van der Waals surface area contributed by atoms with Gasteiger partial charge < -0.3 is 20.8 Å². The van der Waals surface area contributed by atoms with E-state index in [1.165, 1.54) is 48.7 Å². The van der Waals surface area contributed by atoms with Gasteiger partial charge in [-0.1, -0.05) is 31.4 Å². The van der Waals surface area contributed by atoms with Gasteiger partial charge in [0.15, 0.2) is 11.7 Å². The zero-order chi connectivity index (χ0) is 29.6. The van der Waals surface area contributed by atoms with E-state index < -0.39 is 35.4 Å². The van der Waals surface area contributed by atoms with Crippen molar-refractivity contribution >= 4 is 40.6 Å². The van der Waals surface area contributed by atoms with Crippen LogP contribution in [0.3, 0.4) is 0 Å². The van der Waals surface area contributed by atoms with Crippen molar-refractivity contribution in [1.29, 1.82) is 0 Å². The highest BCUT2D eigenvalue weighted by Gasteiger charge is 2.38. The highest BCUT2D eigenvalue weighted by atomic mass is 32.1. The molecule has 4 N–H and O–H groups in total. The molecule has 12 heteroatoms. The number of benzene rings is 2. The van der Waals surface area contributed by atoms with Crippen molar-refractivity contribution in [3.05, 3.63) is 100 Å². The highest BCUT2D eigenvalue weighted by Crippen LogP contribution is 2.33. The number of furan rings is 1. The first-order valence-corrected chi connectivity index (χ1v) is 14.3. The number of nitrogens with zero attached hydrogens (tertiary/aromatic N) is 2. The molecule has 5 rings (SSSR count). The quantitative estimate of drug-likeness (QED) is 0.239. The Morgan fingerprint density at radius 2 is 1.67 bits per heavy atom. The fourth-order valence-electron chi connectivity index (χ4n) is 4.92. The standard InChI is InChI=1S/C30H29F2N5O4S/c31-19-10-8-18(9-11-19)17-34-29(39)26(23-7-4-16-41-23)37(22-14-12-20(32)13-15-22)30(40)27-24(33)25(36-42-27)28(38)35-21-5-2-1-3-6-21/h4,7-16,21,26H,1-3,5-6,17,33H2,(H,34,39)(H,35,38)/t26-/m1/s1. The molecule has 4 aromatic rings. The maximum Gasteiger partial charge on any atom is 0.273 e. The lowest BCUT2D eigenvalue weighted by atomic mass is 9.95. The molecular weight excluding hydrogens is 564 g/mol. The Kier molecular flexibility index (Phi) is 8.91. The molecule has 1 fully saturated rings. The first-order chi connectivity index (χ1) is 20.3. The molecule has 0 unspecified atom stereocenters. The molecule has 0 bridgehead atoms. The van der Waals surface area contributed by atoms with Gasteiger partial charge in [0.05, 0.1) is 12.0 Å². The van der Waals surface area contributed by atoms with E-state index in [9.17, 15) is 23.2 Å². The summed E-state index contributed by atoms with van der Waals surface area (Å²) in [6.45, 7) is 0.0377. The molecule has 9 nitrogen and oxygen atoms in total. The largest absolute Gasteiger partial charge is 0.467 e. The van der Waals surface area contributed by atoms with Crippen LogP contribution in [0.4, 0.5) is 20.2 Å². The van der Waals surface area contributed by atoms with Gasteiger partial charge in [-0.25, -0.2) is 8.78 Å². The van der Waals surface area contributed by atoms with Crippen LogP contribution in [-0.4, -0.2) is 28.1 Å². The van der Waals surface area contributed by atoms with Crippen molar-refractivity contribution in [3.8, 4) is 0 Å². The fourth-order valence-corrected chi connectivity index (χ4v) is 5.65. The molecule has 0 aliphatic heterocycles. The Morgan fingerprint density at radius 3 is 2.31 bits per heavy atom. The SMILES string of the molecule is Nc1c(C(=O)NC2CCCCC2)nsc1C(=O)N(c1ccc(F)cc1)[C@@H](C(=O)NCc1ccc(F)cc1)c1ccco1. The van der Waals surface area contributed by atoms with Gasteiger partial charge in [0.25, 0.3) is 17.7 Å². The van der Waals surface area contributed by atoms with Crippen LogP contribution in [0.5, 0.6) is 0 Å². The summed E-state index contributed by atoms with van der Waals surface area (Å²) in [5.74, 6) is -2.65. The summed E-state index contributed by atoms with van der Waals surface area (Å²) in [6.07, 6.45) is 6.24. The zero-order valence-corrected chi connectivity index (χ0v) is 23.3. The number of halogens is 2. The summed E-state index contributed by atoms with van der Waals surface area (Å²) < 4.78 is 37.0. The number of anilines is 2. The fraction of sp³-hybridized carbons (Fsp3) is 0.267. The number of nitrogens with one attached hydrogen (secondary N) is 2. The van der Waals surface area contributed by atoms with Crippen LogP contribution in [-0.2, 0) is 11.3 Å². The predicted octanol–water partition coefficient (Wildman–Crippen LogP) is 5.36. The smallest absolute Gasteiger partial charge is 0.273 e. The molecule has 1 aliphatic carbocycles. The third kappa shape index (κ3) is 6.49. The number of amides is 3. The van der Waals surface area contributed by atoms with Gasteiger partial charge in [0.1, 0.15) is 22.3 Å². The van der Waals surface area contributed by atoms with Crippen molar-refractivity contribution in [3.63, 3.8) is 0 Å². The lowest BCUT2D eigenvalue weighted by molar-refractivity contribution is -0.123. The topological polar surface area (TPSA) is 131 Å². The van der Waals surface area contributed by atoms with E-state index in [0.717, 1.165) is 60.7 Å². The third-order valence-electron chi connectivity index (χ3n) is 7.10. The van der Waals surface area contributed by atoms with Crippen molar-refractivity contribution in [2.24, 2.45) is 0 Å². The second-order valence-electron chi connectivity index (χ2n) is 10.00. The van der Waals surface area contributed by atoms with Gasteiger partial charge in [0.2, 0.25) is 0 Å². The zero-order valence-electron chi connectivity index (χ0n) is 22.5. The first kappa shape index (κ1) is 28.9. The number of carbonyl (C=O) groups is 3. The number of rotatable bonds is 9. The second-order valence-corrected chi connectivity index (χ2v) is 10.8. The normalized spacial score (nSPS) is 14.2. The van der Waals surface area contributed by atoms with E-state index in [1.807, 2.05) is 0 Å². The summed E-state index contributed by atoms with van der Waals surface area (Å²) in [7, 11) is 0. The Labute approximate surface area is 244 Å². The molecule has 2 aromatic carbocycles. The number of nitrogen functional groups attached to an aromatic ring is 1. The van der Waals surface area contributed by atoms with Crippen LogP contribution >= 0.6 is 11.5 Å².